The minimum absolute atomic E-state index is 0.127. The van der Waals surface area contributed by atoms with Crippen molar-refractivity contribution >= 4 is 12.6 Å². The number of hydrogen-bond acceptors (Lipinski definition) is 6. The van der Waals surface area contributed by atoms with Gasteiger partial charge in [0.1, 0.15) is 24.2 Å². The Morgan fingerprint density at radius 3 is 2.31 bits per heavy atom. The molecular formula is C19H15N5O2. The number of phenols is 1. The van der Waals surface area contributed by atoms with Crippen molar-refractivity contribution in [3.63, 3.8) is 0 Å². The van der Waals surface area contributed by atoms with Crippen molar-refractivity contribution in [2.24, 2.45) is 9.98 Å². The highest BCUT2D eigenvalue weighted by Crippen LogP contribution is 2.10. The standard InChI is InChI=1S/C19H15N5O2/c20-10-18(22-12-15-6-8-17(25)9-7-15)19(11-21)23-14-24-26-13-16-4-2-1-3-5-16/h1-9,12,14,25H,13H2,(H,23,24)/b19-18+,22-12?. The minimum Gasteiger partial charge on any atom is -0.508 e. The molecule has 0 fully saturated rings. The predicted octanol–water partition coefficient (Wildman–Crippen LogP) is 2.82. The first-order valence-electron chi connectivity index (χ1n) is 7.54. The van der Waals surface area contributed by atoms with Gasteiger partial charge < -0.3 is 5.11 Å². The number of nitrogens with zero attached hydrogens (tertiary/aromatic N) is 4. The lowest BCUT2D eigenvalue weighted by Gasteiger charge is -2.01. The molecule has 0 saturated heterocycles. The molecule has 0 aliphatic rings. The van der Waals surface area contributed by atoms with Gasteiger partial charge in [0.25, 0.3) is 0 Å². The summed E-state index contributed by atoms with van der Waals surface area (Å²) in [5.74, 6) is 0.127. The molecule has 2 rings (SSSR count). The van der Waals surface area contributed by atoms with Gasteiger partial charge in [0.15, 0.2) is 11.4 Å². The zero-order valence-electron chi connectivity index (χ0n) is 13.7. The molecule has 0 amide bonds. The van der Waals surface area contributed by atoms with Crippen molar-refractivity contribution in [1.29, 1.82) is 10.5 Å². The van der Waals surface area contributed by atoms with Crippen LogP contribution < -0.4 is 5.48 Å². The van der Waals surface area contributed by atoms with Crippen LogP contribution in [0.25, 0.3) is 0 Å². The van der Waals surface area contributed by atoms with Gasteiger partial charge in [-0.1, -0.05) is 30.3 Å². The van der Waals surface area contributed by atoms with E-state index in [1.807, 2.05) is 42.5 Å². The number of benzene rings is 2. The summed E-state index contributed by atoms with van der Waals surface area (Å²) in [5, 5.41) is 27.5. The highest BCUT2D eigenvalue weighted by Gasteiger charge is 2.02. The van der Waals surface area contributed by atoms with Crippen molar-refractivity contribution < 1.29 is 9.94 Å². The average Bonchev–Trinajstić information content (AvgIpc) is 2.68. The monoisotopic (exact) mass is 345 g/mol. The van der Waals surface area contributed by atoms with Gasteiger partial charge in [0.05, 0.1) is 6.61 Å². The summed E-state index contributed by atoms with van der Waals surface area (Å²) in [6.07, 6.45) is 2.58. The molecule has 7 heteroatoms. The van der Waals surface area contributed by atoms with E-state index in [1.165, 1.54) is 24.7 Å². The van der Waals surface area contributed by atoms with Crippen LogP contribution >= 0.6 is 0 Å². The van der Waals surface area contributed by atoms with Crippen molar-refractivity contribution in [1.82, 2.24) is 5.48 Å². The van der Waals surface area contributed by atoms with Gasteiger partial charge in [-0.2, -0.15) is 10.5 Å². The van der Waals surface area contributed by atoms with Gasteiger partial charge >= 0.3 is 0 Å². The maximum absolute atomic E-state index is 9.23. The normalized spacial score (nSPS) is 11.8. The quantitative estimate of drug-likeness (QED) is 0.263. The van der Waals surface area contributed by atoms with E-state index >= 15 is 0 Å². The van der Waals surface area contributed by atoms with Gasteiger partial charge in [-0.05, 0) is 35.4 Å². The summed E-state index contributed by atoms with van der Waals surface area (Å²) in [6, 6.07) is 19.4. The summed E-state index contributed by atoms with van der Waals surface area (Å²) in [5.41, 5.74) is 3.84. The molecule has 7 nitrogen and oxygen atoms in total. The van der Waals surface area contributed by atoms with Gasteiger partial charge in [0, 0.05) is 6.21 Å². The molecule has 0 radical (unpaired) electrons. The van der Waals surface area contributed by atoms with Crippen molar-refractivity contribution in [2.45, 2.75) is 6.61 Å². The summed E-state index contributed by atoms with van der Waals surface area (Å²) < 4.78 is 0. The zero-order chi connectivity index (χ0) is 18.6. The van der Waals surface area contributed by atoms with Crippen LogP contribution in [0, 0.1) is 22.7 Å². The average molecular weight is 345 g/mol. The fraction of sp³-hybridized carbons (Fsp3) is 0.0526. The van der Waals surface area contributed by atoms with Crippen molar-refractivity contribution in [3.8, 4) is 17.9 Å². The van der Waals surface area contributed by atoms with Crippen molar-refractivity contribution in [2.75, 3.05) is 0 Å². The molecule has 0 spiro atoms. The second-order valence-corrected chi connectivity index (χ2v) is 4.92. The summed E-state index contributed by atoms with van der Waals surface area (Å²) >= 11 is 0. The van der Waals surface area contributed by atoms with Crippen LogP contribution in [0.5, 0.6) is 5.75 Å². The van der Waals surface area contributed by atoms with E-state index in [2.05, 4.69) is 15.5 Å². The van der Waals surface area contributed by atoms with E-state index in [4.69, 9.17) is 15.4 Å². The van der Waals surface area contributed by atoms with Gasteiger partial charge in [-0.3, -0.25) is 10.3 Å². The summed E-state index contributed by atoms with van der Waals surface area (Å²) in [7, 11) is 0. The van der Waals surface area contributed by atoms with Crippen LogP contribution in [0.1, 0.15) is 11.1 Å². The van der Waals surface area contributed by atoms with E-state index < -0.39 is 0 Å². The smallest absolute Gasteiger partial charge is 0.178 e. The topological polar surface area (TPSA) is 114 Å². The highest BCUT2D eigenvalue weighted by atomic mass is 16.6. The minimum atomic E-state index is -0.154. The molecule has 2 N–H and O–H groups in total. The Kier molecular flexibility index (Phi) is 7.10. The Morgan fingerprint density at radius 1 is 1.00 bits per heavy atom. The Morgan fingerprint density at radius 2 is 1.65 bits per heavy atom. The molecule has 0 saturated carbocycles. The molecular weight excluding hydrogens is 330 g/mol. The Balaban J connectivity index is 1.97. The number of hydrogen-bond donors (Lipinski definition) is 2. The Bertz CT molecular complexity index is 888. The largest absolute Gasteiger partial charge is 0.508 e. The van der Waals surface area contributed by atoms with Crippen LogP contribution in [-0.4, -0.2) is 17.7 Å². The lowest BCUT2D eigenvalue weighted by molar-refractivity contribution is 0.0745. The van der Waals surface area contributed by atoms with E-state index in [0.29, 0.717) is 12.2 Å². The summed E-state index contributed by atoms with van der Waals surface area (Å²) in [4.78, 5) is 13.0. The first kappa shape index (κ1) is 18.4. The molecule has 26 heavy (non-hydrogen) atoms. The fourth-order valence-corrected chi connectivity index (χ4v) is 1.81. The van der Waals surface area contributed by atoms with Crippen LogP contribution in [0.3, 0.4) is 0 Å². The SMILES string of the molecule is N#C/C(N=CNOCc1ccccc1)=C(/C#N)N=Cc1ccc(O)cc1. The zero-order valence-corrected chi connectivity index (χ0v) is 13.7. The van der Waals surface area contributed by atoms with Crippen LogP contribution in [0.4, 0.5) is 0 Å². The van der Waals surface area contributed by atoms with Crippen molar-refractivity contribution in [3.05, 3.63) is 77.1 Å². The second-order valence-electron chi connectivity index (χ2n) is 4.92. The number of phenolic OH excluding ortho intramolecular Hbond substituents is 1. The van der Waals surface area contributed by atoms with Crippen LogP contribution in [-0.2, 0) is 11.4 Å². The lowest BCUT2D eigenvalue weighted by atomic mass is 10.2. The van der Waals surface area contributed by atoms with E-state index in [0.717, 1.165) is 5.56 Å². The van der Waals surface area contributed by atoms with Crippen LogP contribution in [0.2, 0.25) is 0 Å². The Labute approximate surface area is 150 Å². The first-order valence-corrected chi connectivity index (χ1v) is 7.54. The predicted molar refractivity (Wildman–Crippen MR) is 96.8 cm³/mol. The van der Waals surface area contributed by atoms with Gasteiger partial charge in [-0.15, -0.1) is 0 Å². The molecule has 0 bridgehead atoms. The molecule has 0 aliphatic heterocycles. The molecule has 2 aromatic carbocycles. The molecule has 0 atom stereocenters. The first-order chi connectivity index (χ1) is 12.7. The third-order valence-electron chi connectivity index (χ3n) is 3.08. The Hall–Kier alpha value is -3.94. The number of hydroxylamine groups is 1. The van der Waals surface area contributed by atoms with Gasteiger partial charge in [-0.25, -0.2) is 9.98 Å². The van der Waals surface area contributed by atoms with E-state index in [1.54, 1.807) is 12.1 Å². The molecule has 0 heterocycles. The molecule has 2 aromatic rings. The summed E-state index contributed by atoms with van der Waals surface area (Å²) in [6.45, 7) is 0.322. The molecule has 128 valence electrons. The van der Waals surface area contributed by atoms with E-state index in [9.17, 15) is 5.11 Å². The number of allylic oxidation sites excluding steroid dienone is 2. The highest BCUT2D eigenvalue weighted by molar-refractivity contribution is 5.81. The van der Waals surface area contributed by atoms with E-state index in [-0.39, 0.29) is 17.1 Å². The lowest BCUT2D eigenvalue weighted by Crippen LogP contribution is -2.11. The third-order valence-corrected chi connectivity index (χ3v) is 3.08. The number of nitrogens with one attached hydrogen (secondary N) is 1. The second kappa shape index (κ2) is 10.0. The number of nitriles is 2. The molecule has 0 unspecified atom stereocenters. The maximum atomic E-state index is 9.23. The number of aliphatic imine (C=N–C) groups is 2. The van der Waals surface area contributed by atoms with Gasteiger partial charge in [0.2, 0.25) is 0 Å². The number of rotatable bonds is 7. The third kappa shape index (κ3) is 5.93. The fourth-order valence-electron chi connectivity index (χ4n) is 1.81. The maximum Gasteiger partial charge on any atom is 0.178 e. The molecule has 0 aliphatic carbocycles. The number of aromatic hydroxyl groups is 1. The molecule has 0 aromatic heterocycles. The van der Waals surface area contributed by atoms with Crippen LogP contribution in [0.15, 0.2) is 76.0 Å².